The third kappa shape index (κ3) is 4.51. The standard InChI is InChI=1S/C7H16S/c1-4-6-8-7(3)5-2/h7H,4-6H2,1-3H3/t7-/m1/s1. The first-order chi connectivity index (χ1) is 3.81. The molecule has 1 atom stereocenters. The van der Waals surface area contributed by atoms with E-state index in [1.807, 2.05) is 0 Å². The fraction of sp³-hybridized carbons (Fsp3) is 1.00. The summed E-state index contributed by atoms with van der Waals surface area (Å²) in [5, 5.41) is 0.870. The molecule has 8 heavy (non-hydrogen) atoms. The normalized spacial score (nSPS) is 13.9. The van der Waals surface area contributed by atoms with Crippen molar-refractivity contribution in [3.05, 3.63) is 0 Å². The highest BCUT2D eigenvalue weighted by Crippen LogP contribution is 2.13. The van der Waals surface area contributed by atoms with Gasteiger partial charge in [0.05, 0.1) is 0 Å². The Morgan fingerprint density at radius 2 is 2.00 bits per heavy atom. The van der Waals surface area contributed by atoms with E-state index >= 15 is 0 Å². The molecule has 0 heterocycles. The molecule has 0 rings (SSSR count). The van der Waals surface area contributed by atoms with E-state index in [0.717, 1.165) is 5.25 Å². The molecule has 0 amide bonds. The summed E-state index contributed by atoms with van der Waals surface area (Å²) in [4.78, 5) is 0. The van der Waals surface area contributed by atoms with Crippen molar-refractivity contribution in [1.29, 1.82) is 0 Å². The van der Waals surface area contributed by atoms with Crippen LogP contribution in [0.15, 0.2) is 0 Å². The van der Waals surface area contributed by atoms with Gasteiger partial charge >= 0.3 is 0 Å². The maximum Gasteiger partial charge on any atom is 0.00160 e. The average molecular weight is 132 g/mol. The number of rotatable bonds is 4. The van der Waals surface area contributed by atoms with E-state index in [1.54, 1.807) is 0 Å². The van der Waals surface area contributed by atoms with Gasteiger partial charge in [0.1, 0.15) is 0 Å². The first-order valence-electron chi connectivity index (χ1n) is 3.42. The summed E-state index contributed by atoms with van der Waals surface area (Å²) >= 11 is 2.08. The van der Waals surface area contributed by atoms with Crippen LogP contribution < -0.4 is 0 Å². The first-order valence-corrected chi connectivity index (χ1v) is 4.47. The monoisotopic (exact) mass is 132 g/mol. The summed E-state index contributed by atoms with van der Waals surface area (Å²) < 4.78 is 0. The second kappa shape index (κ2) is 5.49. The minimum absolute atomic E-state index is 0.870. The van der Waals surface area contributed by atoms with Crippen molar-refractivity contribution in [3.8, 4) is 0 Å². The molecular formula is C7H16S. The predicted octanol–water partition coefficient (Wildman–Crippen LogP) is 2.93. The molecular weight excluding hydrogens is 116 g/mol. The zero-order valence-corrected chi connectivity index (χ0v) is 6.92. The third-order valence-corrected chi connectivity index (χ3v) is 2.73. The van der Waals surface area contributed by atoms with Gasteiger partial charge in [0, 0.05) is 5.25 Å². The second-order valence-corrected chi connectivity index (χ2v) is 3.64. The molecule has 0 fully saturated rings. The summed E-state index contributed by atoms with van der Waals surface area (Å²) in [5.74, 6) is 1.33. The van der Waals surface area contributed by atoms with Gasteiger partial charge in [-0.25, -0.2) is 0 Å². The summed E-state index contributed by atoms with van der Waals surface area (Å²) in [5.41, 5.74) is 0. The molecule has 0 saturated carbocycles. The van der Waals surface area contributed by atoms with Crippen LogP contribution in [0.5, 0.6) is 0 Å². The average Bonchev–Trinajstić information content (AvgIpc) is 1.83. The zero-order chi connectivity index (χ0) is 6.41. The van der Waals surface area contributed by atoms with E-state index in [9.17, 15) is 0 Å². The lowest BCUT2D eigenvalue weighted by molar-refractivity contribution is 0.902. The highest BCUT2D eigenvalue weighted by atomic mass is 32.2. The Balaban J connectivity index is 2.86. The number of hydrogen-bond donors (Lipinski definition) is 0. The summed E-state index contributed by atoms with van der Waals surface area (Å²) in [7, 11) is 0. The van der Waals surface area contributed by atoms with Gasteiger partial charge in [-0.3, -0.25) is 0 Å². The fourth-order valence-electron chi connectivity index (χ4n) is 0.437. The van der Waals surface area contributed by atoms with Crippen LogP contribution in [0.4, 0.5) is 0 Å². The molecule has 0 nitrogen and oxygen atoms in total. The molecule has 0 N–H and O–H groups in total. The summed E-state index contributed by atoms with van der Waals surface area (Å²) in [6.07, 6.45) is 2.62. The van der Waals surface area contributed by atoms with Gasteiger partial charge < -0.3 is 0 Å². The maximum absolute atomic E-state index is 2.29. The predicted molar refractivity (Wildman–Crippen MR) is 42.5 cm³/mol. The van der Waals surface area contributed by atoms with Crippen molar-refractivity contribution in [3.63, 3.8) is 0 Å². The molecule has 0 unspecified atom stereocenters. The van der Waals surface area contributed by atoms with Crippen LogP contribution in [0.25, 0.3) is 0 Å². The lowest BCUT2D eigenvalue weighted by Crippen LogP contribution is -1.92. The molecule has 0 aromatic heterocycles. The van der Waals surface area contributed by atoms with Crippen LogP contribution in [-0.2, 0) is 0 Å². The fourth-order valence-corrected chi connectivity index (χ4v) is 1.31. The Hall–Kier alpha value is 0.350. The summed E-state index contributed by atoms with van der Waals surface area (Å²) in [6.45, 7) is 6.77. The van der Waals surface area contributed by atoms with Gasteiger partial charge in [0.2, 0.25) is 0 Å². The Labute approximate surface area is 57.1 Å². The molecule has 0 bridgehead atoms. The van der Waals surface area contributed by atoms with E-state index in [4.69, 9.17) is 0 Å². The van der Waals surface area contributed by atoms with Crippen molar-refractivity contribution in [2.75, 3.05) is 5.75 Å². The van der Waals surface area contributed by atoms with Crippen molar-refractivity contribution in [2.24, 2.45) is 0 Å². The van der Waals surface area contributed by atoms with E-state index in [1.165, 1.54) is 18.6 Å². The van der Waals surface area contributed by atoms with Crippen molar-refractivity contribution in [2.45, 2.75) is 38.9 Å². The summed E-state index contributed by atoms with van der Waals surface area (Å²) in [6, 6.07) is 0. The lowest BCUT2D eigenvalue weighted by atomic mass is 10.4. The molecule has 0 aromatic carbocycles. The van der Waals surface area contributed by atoms with Crippen LogP contribution in [0.1, 0.15) is 33.6 Å². The van der Waals surface area contributed by atoms with Gasteiger partial charge in [0.15, 0.2) is 0 Å². The lowest BCUT2D eigenvalue weighted by Gasteiger charge is -2.04. The van der Waals surface area contributed by atoms with E-state index < -0.39 is 0 Å². The Bertz CT molecular complexity index is 43.7. The molecule has 0 aromatic rings. The minimum atomic E-state index is 0.870. The largest absolute Gasteiger partial charge is 0.159 e. The molecule has 0 radical (unpaired) electrons. The topological polar surface area (TPSA) is 0 Å². The van der Waals surface area contributed by atoms with Gasteiger partial charge in [-0.2, -0.15) is 11.8 Å². The zero-order valence-electron chi connectivity index (χ0n) is 6.11. The van der Waals surface area contributed by atoms with Crippen LogP contribution in [-0.4, -0.2) is 11.0 Å². The maximum atomic E-state index is 2.29. The SMILES string of the molecule is CCCS[C@H](C)CC. The second-order valence-electron chi connectivity index (χ2n) is 2.09. The number of hydrogen-bond acceptors (Lipinski definition) is 1. The molecule has 0 saturated heterocycles. The molecule has 0 aliphatic carbocycles. The van der Waals surface area contributed by atoms with E-state index in [0.29, 0.717) is 0 Å². The number of thioether (sulfide) groups is 1. The smallest absolute Gasteiger partial charge is 0.00160 e. The molecule has 0 aliphatic rings. The van der Waals surface area contributed by atoms with Gasteiger partial charge in [-0.1, -0.05) is 20.8 Å². The van der Waals surface area contributed by atoms with Crippen molar-refractivity contribution in [1.82, 2.24) is 0 Å². The van der Waals surface area contributed by atoms with Crippen LogP contribution in [0.2, 0.25) is 0 Å². The van der Waals surface area contributed by atoms with Crippen molar-refractivity contribution < 1.29 is 0 Å². The molecule has 0 spiro atoms. The van der Waals surface area contributed by atoms with Crippen LogP contribution in [0, 0.1) is 0 Å². The van der Waals surface area contributed by atoms with Crippen molar-refractivity contribution >= 4 is 11.8 Å². The Morgan fingerprint density at radius 1 is 1.38 bits per heavy atom. The van der Waals surface area contributed by atoms with Crippen LogP contribution in [0.3, 0.4) is 0 Å². The Morgan fingerprint density at radius 3 is 2.38 bits per heavy atom. The molecule has 50 valence electrons. The van der Waals surface area contributed by atoms with E-state index in [-0.39, 0.29) is 0 Å². The van der Waals surface area contributed by atoms with Gasteiger partial charge in [-0.05, 0) is 18.6 Å². The minimum Gasteiger partial charge on any atom is -0.159 e. The van der Waals surface area contributed by atoms with E-state index in [2.05, 4.69) is 32.5 Å². The highest BCUT2D eigenvalue weighted by Gasteiger charge is 1.94. The van der Waals surface area contributed by atoms with Crippen LogP contribution >= 0.6 is 11.8 Å². The highest BCUT2D eigenvalue weighted by molar-refractivity contribution is 7.99. The quantitative estimate of drug-likeness (QED) is 0.566. The van der Waals surface area contributed by atoms with Gasteiger partial charge in [-0.15, -0.1) is 0 Å². The van der Waals surface area contributed by atoms with Gasteiger partial charge in [0.25, 0.3) is 0 Å². The molecule has 0 aliphatic heterocycles. The first kappa shape index (κ1) is 8.35. The third-order valence-electron chi connectivity index (χ3n) is 1.18. The molecule has 1 heteroatoms. The Kier molecular flexibility index (Phi) is 5.73.